The summed E-state index contributed by atoms with van der Waals surface area (Å²) in [6.07, 6.45) is 0.300. The van der Waals surface area contributed by atoms with E-state index in [9.17, 15) is 78.4 Å². The smallest absolute Gasteiger partial charge is 0.475 e. The summed E-state index contributed by atoms with van der Waals surface area (Å²) in [7, 11) is -1.70. The average Bonchev–Trinajstić information content (AvgIpc) is 3.81. The fraction of sp³-hybridized carbons (Fsp3) is 0.595. The predicted octanol–water partition coefficient (Wildman–Crippen LogP) is -6.87. The van der Waals surface area contributed by atoms with E-state index in [1.165, 1.54) is 29.2 Å². The van der Waals surface area contributed by atoms with Gasteiger partial charge in [-0.3, -0.25) is 72.5 Å². The lowest BCUT2D eigenvalue weighted by Crippen LogP contribution is -2.54. The van der Waals surface area contributed by atoms with Crippen LogP contribution in [0.3, 0.4) is 0 Å². The summed E-state index contributed by atoms with van der Waals surface area (Å²) in [6, 6.07) is 2.95. The summed E-state index contributed by atoms with van der Waals surface area (Å²) in [6.45, 7) is -1.25. The normalized spacial score (nSPS) is 17.1. The third-order valence-electron chi connectivity index (χ3n) is 11.5. The van der Waals surface area contributed by atoms with Crippen molar-refractivity contribution in [2.24, 2.45) is 16.5 Å². The molecule has 29 nitrogen and oxygen atoms in total. The van der Waals surface area contributed by atoms with Gasteiger partial charge >= 0.3 is 31.0 Å². The van der Waals surface area contributed by atoms with Crippen LogP contribution >= 0.6 is 0 Å². The van der Waals surface area contributed by atoms with Gasteiger partial charge in [-0.1, -0.05) is 12.1 Å². The number of nitrogens with zero attached hydrogens (tertiary/aromatic N) is 6. The molecule has 2 fully saturated rings. The second-order valence-electron chi connectivity index (χ2n) is 17.1. The van der Waals surface area contributed by atoms with Crippen molar-refractivity contribution in [2.45, 2.75) is 56.7 Å². The van der Waals surface area contributed by atoms with E-state index in [2.05, 4.69) is 31.6 Å². The Hall–Kier alpha value is -6.99. The predicted molar refractivity (Wildman–Crippen MR) is 253 cm³/mol. The molecule has 2 aliphatic heterocycles. The second kappa shape index (κ2) is 30.7. The Bertz CT molecular complexity index is 2050. The molecule has 398 valence electrons. The number of carbonyl (C=O) groups is 10. The zero-order valence-corrected chi connectivity index (χ0v) is 39.8. The Balaban J connectivity index is 1.62. The van der Waals surface area contributed by atoms with Gasteiger partial charge in [-0.2, -0.15) is 0 Å². The number of hydrogen-bond donors (Lipinski definition) is 13. The molecule has 2 heterocycles. The fourth-order valence-electron chi connectivity index (χ4n) is 7.78. The number of rotatable bonds is 26. The van der Waals surface area contributed by atoms with Crippen molar-refractivity contribution in [1.29, 1.82) is 0 Å². The second-order valence-corrected chi connectivity index (χ2v) is 17.1. The number of guanidine groups is 1. The van der Waals surface area contributed by atoms with E-state index >= 15 is 0 Å². The number of likely N-dealkylation sites (tertiary alicyclic amines) is 1. The molecule has 3 rings (SSSR count). The molecular formula is C42H66BN13O16. The number of amides is 6. The van der Waals surface area contributed by atoms with Gasteiger partial charge in [0.1, 0.15) is 12.1 Å². The van der Waals surface area contributed by atoms with E-state index in [4.69, 9.17) is 11.5 Å². The number of carbonyl (C=O) groups excluding carboxylic acids is 6. The van der Waals surface area contributed by atoms with Crippen LogP contribution in [0.5, 0.6) is 0 Å². The maximum atomic E-state index is 13.6. The van der Waals surface area contributed by atoms with Gasteiger partial charge in [0.05, 0.1) is 51.6 Å². The Morgan fingerprint density at radius 1 is 0.625 bits per heavy atom. The summed E-state index contributed by atoms with van der Waals surface area (Å²) >= 11 is 0. The van der Waals surface area contributed by atoms with Crippen molar-refractivity contribution >= 4 is 72.4 Å². The lowest BCUT2D eigenvalue weighted by Gasteiger charge is -2.33. The number of aliphatic carboxylic acids is 4. The largest absolute Gasteiger partial charge is 0.481 e. The van der Waals surface area contributed by atoms with Crippen LogP contribution in [0, 0.1) is 0 Å². The first-order valence-electron chi connectivity index (χ1n) is 23.1. The molecule has 0 aliphatic carbocycles. The van der Waals surface area contributed by atoms with Crippen LogP contribution in [-0.2, 0) is 49.7 Å². The highest BCUT2D eigenvalue weighted by molar-refractivity contribution is 6.43. The molecule has 1 aromatic carbocycles. The quantitative estimate of drug-likeness (QED) is 0.0177. The monoisotopic (exact) mass is 1020 g/mol. The number of carboxylic acids is 4. The van der Waals surface area contributed by atoms with Gasteiger partial charge in [0.25, 0.3) is 5.91 Å². The van der Waals surface area contributed by atoms with Crippen molar-refractivity contribution in [1.82, 2.24) is 51.1 Å². The minimum absolute atomic E-state index is 0.0344. The molecule has 6 amide bonds. The van der Waals surface area contributed by atoms with Crippen molar-refractivity contribution < 1.29 is 78.4 Å². The zero-order chi connectivity index (χ0) is 53.3. The molecule has 2 aliphatic rings. The molecule has 15 N–H and O–H groups in total. The highest BCUT2D eigenvalue weighted by atomic mass is 16.4. The SMILES string of the molecule is NC(N)=NCCC[C@H](NC(=O)CN1CCN(CC(=O)O)CCN(CC(=O)O)CCN(CC(=O)O)CC1)C(=O)NCC(=O)NC(CC(=O)O)C(=O)NCc1ccc(C(=O)NCC(=O)N2CCCC2B(O)O)cc1. The van der Waals surface area contributed by atoms with Crippen molar-refractivity contribution in [3.05, 3.63) is 35.4 Å². The van der Waals surface area contributed by atoms with Gasteiger partial charge in [0.2, 0.25) is 29.5 Å². The summed E-state index contributed by atoms with van der Waals surface area (Å²) in [5.74, 6) is -10.2. The molecule has 2 saturated heterocycles. The van der Waals surface area contributed by atoms with Gasteiger partial charge < -0.3 is 73.4 Å². The van der Waals surface area contributed by atoms with Gasteiger partial charge in [-0.15, -0.1) is 0 Å². The highest BCUT2D eigenvalue weighted by Crippen LogP contribution is 2.18. The topological polar surface area (TPSA) is 433 Å². The van der Waals surface area contributed by atoms with E-state index < -0.39 is 97.4 Å². The van der Waals surface area contributed by atoms with Crippen molar-refractivity contribution in [3.8, 4) is 0 Å². The summed E-state index contributed by atoms with van der Waals surface area (Å²) in [5, 5.41) is 69.3. The molecule has 0 saturated carbocycles. The third-order valence-corrected chi connectivity index (χ3v) is 11.5. The van der Waals surface area contributed by atoms with E-state index in [1.807, 2.05) is 0 Å². The van der Waals surface area contributed by atoms with Crippen LogP contribution in [0.1, 0.15) is 48.0 Å². The maximum absolute atomic E-state index is 13.6. The molecule has 1 aromatic rings. The number of carboxylic acid groups (broad SMARTS) is 4. The lowest BCUT2D eigenvalue weighted by atomic mass is 9.78. The first-order chi connectivity index (χ1) is 34.1. The molecular weight excluding hydrogens is 953 g/mol. The molecule has 0 spiro atoms. The molecule has 0 bridgehead atoms. The van der Waals surface area contributed by atoms with Crippen LogP contribution in [0.25, 0.3) is 0 Å². The van der Waals surface area contributed by atoms with Gasteiger partial charge in [-0.05, 0) is 43.4 Å². The summed E-state index contributed by atoms with van der Waals surface area (Å²) in [4.78, 5) is 137. The number of hydrogen-bond acceptors (Lipinski definition) is 17. The molecule has 3 atom stereocenters. The molecule has 72 heavy (non-hydrogen) atoms. The van der Waals surface area contributed by atoms with Gasteiger partial charge in [0, 0.05) is 77.6 Å². The van der Waals surface area contributed by atoms with Crippen LogP contribution in [-0.4, -0.2) is 250 Å². The Morgan fingerprint density at radius 3 is 1.61 bits per heavy atom. The molecule has 0 aromatic heterocycles. The molecule has 2 unspecified atom stereocenters. The maximum Gasteiger partial charge on any atom is 0.475 e. The number of nitrogens with one attached hydrogen (secondary N) is 5. The zero-order valence-electron chi connectivity index (χ0n) is 39.8. The number of benzene rings is 1. The van der Waals surface area contributed by atoms with Crippen molar-refractivity contribution in [3.63, 3.8) is 0 Å². The van der Waals surface area contributed by atoms with E-state index in [1.54, 1.807) is 19.6 Å². The summed E-state index contributed by atoms with van der Waals surface area (Å²) < 4.78 is 0. The van der Waals surface area contributed by atoms with E-state index in [0.717, 1.165) is 0 Å². The minimum atomic E-state index is -1.70. The van der Waals surface area contributed by atoms with E-state index in [0.29, 0.717) is 24.9 Å². The fourth-order valence-corrected chi connectivity index (χ4v) is 7.78. The van der Waals surface area contributed by atoms with Crippen LogP contribution in [0.4, 0.5) is 0 Å². The lowest BCUT2D eigenvalue weighted by molar-refractivity contribution is -0.141. The highest BCUT2D eigenvalue weighted by Gasteiger charge is 2.37. The Labute approximate surface area is 414 Å². The van der Waals surface area contributed by atoms with Crippen LogP contribution in [0.2, 0.25) is 0 Å². The van der Waals surface area contributed by atoms with Crippen LogP contribution in [0.15, 0.2) is 29.3 Å². The number of nitrogens with two attached hydrogens (primary N) is 2. The number of aliphatic imine (C=N–C) groups is 1. The van der Waals surface area contributed by atoms with Crippen molar-refractivity contribution in [2.75, 3.05) is 105 Å². The van der Waals surface area contributed by atoms with Gasteiger partial charge in [0.15, 0.2) is 5.96 Å². The standard InChI is InChI=1S/C42H66BN13O16/c44-42(45)46-9-1-3-29(50-33(58)23-52-11-13-53(24-36(62)63)15-17-55(26-38(66)67)18-16-54(14-12-52)25-37(64)65)40(69)48-21-32(57)51-30(19-35(60)61)41(70)47-20-27-5-7-28(8-6-27)39(68)49-22-34(59)56-10-2-4-31(56)43(71)72/h5-8,29-31,71-72H,1-4,9-26H2,(H,47,70)(H,48,69)(H,49,68)(H,50,58)(H,51,57)(H,60,61)(H,62,63)(H,64,65)(H,66,67)(H4,44,45,46)/t29-,30?,31?/m0/s1. The van der Waals surface area contributed by atoms with Gasteiger partial charge in [-0.25, -0.2) is 0 Å². The third kappa shape index (κ3) is 22.8. The average molecular weight is 1020 g/mol. The first-order valence-corrected chi connectivity index (χ1v) is 23.1. The Morgan fingerprint density at radius 2 is 1.12 bits per heavy atom. The Kier molecular flexibility index (Phi) is 25.3. The van der Waals surface area contributed by atoms with E-state index in [-0.39, 0.29) is 123 Å². The molecule has 30 heteroatoms. The van der Waals surface area contributed by atoms with Crippen LogP contribution < -0.4 is 38.1 Å². The minimum Gasteiger partial charge on any atom is -0.481 e. The first kappa shape index (κ1) is 59.3. The molecule has 0 radical (unpaired) electrons. The summed E-state index contributed by atoms with van der Waals surface area (Å²) in [5.41, 5.74) is 11.5.